The van der Waals surface area contributed by atoms with Gasteiger partial charge in [-0.2, -0.15) is 0 Å². The number of nitrogens with zero attached hydrogens (tertiary/aromatic N) is 3. The normalized spacial score (nSPS) is 23.1. The molecule has 0 amide bonds. The van der Waals surface area contributed by atoms with E-state index >= 15 is 0 Å². The molecule has 2 saturated heterocycles. The zero-order chi connectivity index (χ0) is 15.4. The fourth-order valence-corrected chi connectivity index (χ4v) is 3.72. The number of rotatable bonds is 3. The van der Waals surface area contributed by atoms with Crippen molar-refractivity contribution in [2.75, 3.05) is 37.6 Å². The Balaban J connectivity index is 1.52. The Morgan fingerprint density at radius 2 is 2.05 bits per heavy atom. The third kappa shape index (κ3) is 3.94. The molecule has 22 heavy (non-hydrogen) atoms. The van der Waals surface area contributed by atoms with Gasteiger partial charge in [0.15, 0.2) is 5.96 Å². The van der Waals surface area contributed by atoms with Gasteiger partial charge >= 0.3 is 0 Å². The van der Waals surface area contributed by atoms with Gasteiger partial charge in [-0.15, -0.1) is 0 Å². The highest BCUT2D eigenvalue weighted by atomic mass is 79.9. The minimum absolute atomic E-state index is 0.613. The van der Waals surface area contributed by atoms with Crippen molar-refractivity contribution in [2.24, 2.45) is 16.6 Å². The molecule has 0 aliphatic carbocycles. The van der Waals surface area contributed by atoms with E-state index in [-0.39, 0.29) is 0 Å². The molecule has 2 N–H and O–H groups in total. The first-order valence-corrected chi connectivity index (χ1v) is 9.07. The fraction of sp³-hybridized carbons (Fsp3) is 0.588. The molecule has 0 saturated carbocycles. The molecule has 120 valence electrons. The summed E-state index contributed by atoms with van der Waals surface area (Å²) in [5, 5.41) is 0. The number of anilines is 1. The summed E-state index contributed by atoms with van der Waals surface area (Å²) in [6, 6.07) is 8.53. The van der Waals surface area contributed by atoms with Crippen LogP contribution in [-0.2, 0) is 0 Å². The molecule has 0 aromatic heterocycles. The number of halogens is 1. The summed E-state index contributed by atoms with van der Waals surface area (Å²) in [7, 11) is 0. The first-order valence-electron chi connectivity index (χ1n) is 8.28. The minimum Gasteiger partial charge on any atom is -0.371 e. The van der Waals surface area contributed by atoms with Crippen molar-refractivity contribution >= 4 is 27.6 Å². The lowest BCUT2D eigenvalue weighted by Gasteiger charge is -2.27. The molecule has 2 heterocycles. The second-order valence-electron chi connectivity index (χ2n) is 6.33. The maximum Gasteiger partial charge on any atom is 0.191 e. The second kappa shape index (κ2) is 7.36. The summed E-state index contributed by atoms with van der Waals surface area (Å²) in [6.07, 6.45) is 5.02. The van der Waals surface area contributed by atoms with E-state index in [1.54, 1.807) is 0 Å². The Labute approximate surface area is 141 Å². The number of piperidine rings is 1. The molecule has 1 aromatic rings. The van der Waals surface area contributed by atoms with E-state index in [1.165, 1.54) is 31.4 Å². The molecule has 2 aliphatic heterocycles. The predicted octanol–water partition coefficient (Wildman–Crippen LogP) is 3.08. The first-order chi connectivity index (χ1) is 10.7. The zero-order valence-electron chi connectivity index (χ0n) is 13.0. The molecule has 0 radical (unpaired) electrons. The summed E-state index contributed by atoms with van der Waals surface area (Å²) >= 11 is 3.55. The molecule has 5 heteroatoms. The molecule has 1 unspecified atom stereocenters. The van der Waals surface area contributed by atoms with Crippen LogP contribution in [0.1, 0.15) is 25.7 Å². The van der Waals surface area contributed by atoms with Crippen molar-refractivity contribution in [3.8, 4) is 0 Å². The van der Waals surface area contributed by atoms with Crippen LogP contribution in [0.3, 0.4) is 0 Å². The summed E-state index contributed by atoms with van der Waals surface area (Å²) in [5.41, 5.74) is 7.44. The van der Waals surface area contributed by atoms with Crippen molar-refractivity contribution in [1.29, 1.82) is 0 Å². The predicted molar refractivity (Wildman–Crippen MR) is 96.4 cm³/mol. The van der Waals surface area contributed by atoms with E-state index in [1.807, 2.05) is 0 Å². The van der Waals surface area contributed by atoms with Crippen LogP contribution in [0.4, 0.5) is 5.69 Å². The van der Waals surface area contributed by atoms with Crippen molar-refractivity contribution in [1.82, 2.24) is 4.90 Å². The highest BCUT2D eigenvalue weighted by molar-refractivity contribution is 9.10. The fourth-order valence-electron chi connectivity index (χ4n) is 3.33. The van der Waals surface area contributed by atoms with Crippen LogP contribution in [0.25, 0.3) is 0 Å². The number of benzene rings is 1. The molecule has 2 aliphatic rings. The number of nitrogens with two attached hydrogens (primary N) is 1. The molecule has 3 rings (SSSR count). The van der Waals surface area contributed by atoms with Crippen molar-refractivity contribution in [3.05, 3.63) is 28.7 Å². The minimum atomic E-state index is 0.613. The van der Waals surface area contributed by atoms with Gasteiger partial charge in [-0.3, -0.25) is 4.99 Å². The second-order valence-corrected chi connectivity index (χ2v) is 7.24. The Bertz CT molecular complexity index is 525. The van der Waals surface area contributed by atoms with Crippen LogP contribution in [-0.4, -0.2) is 43.6 Å². The van der Waals surface area contributed by atoms with Gasteiger partial charge in [-0.1, -0.05) is 22.0 Å². The third-order valence-corrected chi connectivity index (χ3v) is 5.14. The summed E-state index contributed by atoms with van der Waals surface area (Å²) in [6.45, 7) is 5.19. The summed E-state index contributed by atoms with van der Waals surface area (Å²) < 4.78 is 1.14. The van der Waals surface area contributed by atoms with Crippen molar-refractivity contribution in [2.45, 2.75) is 25.7 Å². The third-order valence-electron chi connectivity index (χ3n) is 4.65. The Hall–Kier alpha value is -1.23. The standard InChI is InChI=1S/C17H25BrN4/c18-15-5-4-6-16(11-15)22-10-7-14(13-22)12-20-17(19)21-8-2-1-3-9-21/h4-6,11,14H,1-3,7-10,12-13H2,(H2,19,20). The van der Waals surface area contributed by atoms with Crippen LogP contribution in [0.5, 0.6) is 0 Å². The van der Waals surface area contributed by atoms with E-state index < -0.39 is 0 Å². The molecule has 1 atom stereocenters. The molecule has 1 aromatic carbocycles. The highest BCUT2D eigenvalue weighted by Crippen LogP contribution is 2.26. The molecule has 2 fully saturated rings. The maximum atomic E-state index is 6.15. The Kier molecular flexibility index (Phi) is 5.24. The van der Waals surface area contributed by atoms with Gasteiger partial charge < -0.3 is 15.5 Å². The molecule has 0 spiro atoms. The first kappa shape index (κ1) is 15.7. The average molecular weight is 365 g/mol. The van der Waals surface area contributed by atoms with Crippen LogP contribution in [0, 0.1) is 5.92 Å². The van der Waals surface area contributed by atoms with Gasteiger partial charge in [0.25, 0.3) is 0 Å². The van der Waals surface area contributed by atoms with Crippen LogP contribution in [0.2, 0.25) is 0 Å². The van der Waals surface area contributed by atoms with Crippen molar-refractivity contribution in [3.63, 3.8) is 0 Å². The Morgan fingerprint density at radius 3 is 2.82 bits per heavy atom. The number of hydrogen-bond donors (Lipinski definition) is 1. The topological polar surface area (TPSA) is 44.9 Å². The van der Waals surface area contributed by atoms with Gasteiger partial charge in [0.05, 0.1) is 0 Å². The van der Waals surface area contributed by atoms with E-state index in [2.05, 4.69) is 55.0 Å². The number of likely N-dealkylation sites (tertiary alicyclic amines) is 1. The van der Waals surface area contributed by atoms with E-state index in [4.69, 9.17) is 5.73 Å². The SMILES string of the molecule is NC(=NCC1CCN(c2cccc(Br)c2)C1)N1CCCCC1. The summed E-state index contributed by atoms with van der Waals surface area (Å²) in [5.74, 6) is 1.36. The van der Waals surface area contributed by atoms with Gasteiger partial charge in [0, 0.05) is 42.9 Å². The number of aliphatic imine (C=N–C) groups is 1. The molecular formula is C17H25BrN4. The highest BCUT2D eigenvalue weighted by Gasteiger charge is 2.23. The van der Waals surface area contributed by atoms with Crippen LogP contribution < -0.4 is 10.6 Å². The maximum absolute atomic E-state index is 6.15. The lowest BCUT2D eigenvalue weighted by atomic mass is 10.1. The van der Waals surface area contributed by atoms with Gasteiger partial charge in [0.2, 0.25) is 0 Å². The summed E-state index contributed by atoms with van der Waals surface area (Å²) in [4.78, 5) is 9.35. The van der Waals surface area contributed by atoms with E-state index in [9.17, 15) is 0 Å². The lowest BCUT2D eigenvalue weighted by molar-refractivity contribution is 0.337. The number of guanidine groups is 1. The lowest BCUT2D eigenvalue weighted by Crippen LogP contribution is -2.41. The smallest absolute Gasteiger partial charge is 0.191 e. The van der Waals surface area contributed by atoms with Crippen molar-refractivity contribution < 1.29 is 0 Å². The largest absolute Gasteiger partial charge is 0.371 e. The van der Waals surface area contributed by atoms with Gasteiger partial charge in [0.1, 0.15) is 0 Å². The monoisotopic (exact) mass is 364 g/mol. The quantitative estimate of drug-likeness (QED) is 0.661. The number of hydrogen-bond acceptors (Lipinski definition) is 2. The van der Waals surface area contributed by atoms with Gasteiger partial charge in [-0.05, 0) is 49.8 Å². The zero-order valence-corrected chi connectivity index (χ0v) is 14.6. The van der Waals surface area contributed by atoms with Crippen LogP contribution in [0.15, 0.2) is 33.7 Å². The van der Waals surface area contributed by atoms with E-state index in [0.29, 0.717) is 5.92 Å². The molecular weight excluding hydrogens is 340 g/mol. The van der Waals surface area contributed by atoms with Gasteiger partial charge in [-0.25, -0.2) is 0 Å². The molecule has 4 nitrogen and oxygen atoms in total. The van der Waals surface area contributed by atoms with Crippen LogP contribution >= 0.6 is 15.9 Å². The van der Waals surface area contributed by atoms with E-state index in [0.717, 1.165) is 43.2 Å². The average Bonchev–Trinajstić information content (AvgIpc) is 3.02. The Morgan fingerprint density at radius 1 is 1.23 bits per heavy atom. The molecule has 0 bridgehead atoms.